The SMILES string of the molecule is Cc1noc(C)c1CC(=O)NCCN(C(=O)N(C)C)C1CCOCC1. The molecule has 0 unspecified atom stereocenters. The number of carbonyl (C=O) groups is 2. The summed E-state index contributed by atoms with van der Waals surface area (Å²) in [6.45, 7) is 5.85. The number of urea groups is 1. The van der Waals surface area contributed by atoms with Gasteiger partial charge >= 0.3 is 6.03 Å². The van der Waals surface area contributed by atoms with E-state index in [0.29, 0.717) is 32.1 Å². The van der Waals surface area contributed by atoms with Crippen molar-refractivity contribution in [3.8, 4) is 0 Å². The average molecular weight is 352 g/mol. The van der Waals surface area contributed by atoms with Crippen molar-refractivity contribution in [2.24, 2.45) is 0 Å². The van der Waals surface area contributed by atoms with Crippen molar-refractivity contribution >= 4 is 11.9 Å². The Morgan fingerprint density at radius 1 is 1.24 bits per heavy atom. The van der Waals surface area contributed by atoms with Crippen LogP contribution in [0.2, 0.25) is 0 Å². The quantitative estimate of drug-likeness (QED) is 0.829. The molecule has 0 atom stereocenters. The average Bonchev–Trinajstić information content (AvgIpc) is 2.91. The molecular formula is C17H28N4O4. The summed E-state index contributed by atoms with van der Waals surface area (Å²) in [5, 5.41) is 6.74. The molecule has 3 amide bonds. The monoisotopic (exact) mass is 352 g/mol. The lowest BCUT2D eigenvalue weighted by molar-refractivity contribution is -0.120. The first kappa shape index (κ1) is 19.2. The summed E-state index contributed by atoms with van der Waals surface area (Å²) in [7, 11) is 3.48. The molecule has 0 radical (unpaired) electrons. The standard InChI is InChI=1S/C17H28N4O4/c1-12-15(13(2)25-19-12)11-16(22)18-7-8-21(17(23)20(3)4)14-5-9-24-10-6-14/h14H,5-11H2,1-4H3,(H,18,22). The lowest BCUT2D eigenvalue weighted by atomic mass is 10.1. The molecule has 1 saturated heterocycles. The molecule has 140 valence electrons. The summed E-state index contributed by atoms with van der Waals surface area (Å²) in [6, 6.07) is 0.120. The minimum Gasteiger partial charge on any atom is -0.381 e. The summed E-state index contributed by atoms with van der Waals surface area (Å²) in [5.74, 6) is 0.567. The highest BCUT2D eigenvalue weighted by molar-refractivity contribution is 5.79. The van der Waals surface area contributed by atoms with E-state index in [1.54, 1.807) is 25.9 Å². The van der Waals surface area contributed by atoms with E-state index in [-0.39, 0.29) is 24.4 Å². The van der Waals surface area contributed by atoms with E-state index < -0.39 is 0 Å². The minimum absolute atomic E-state index is 0.0353. The molecule has 0 bridgehead atoms. The van der Waals surface area contributed by atoms with E-state index in [2.05, 4.69) is 10.5 Å². The molecule has 1 aromatic heterocycles. The van der Waals surface area contributed by atoms with Crippen LogP contribution in [0.5, 0.6) is 0 Å². The van der Waals surface area contributed by atoms with Gasteiger partial charge < -0.3 is 24.4 Å². The predicted molar refractivity (Wildman–Crippen MR) is 92.3 cm³/mol. The highest BCUT2D eigenvalue weighted by atomic mass is 16.5. The maximum atomic E-state index is 12.4. The third-order valence-corrected chi connectivity index (χ3v) is 4.45. The second-order valence-electron chi connectivity index (χ2n) is 6.54. The van der Waals surface area contributed by atoms with E-state index in [0.717, 1.165) is 24.1 Å². The van der Waals surface area contributed by atoms with Crippen LogP contribution in [-0.4, -0.2) is 73.3 Å². The van der Waals surface area contributed by atoms with Crippen molar-refractivity contribution in [3.05, 3.63) is 17.0 Å². The van der Waals surface area contributed by atoms with Crippen molar-refractivity contribution in [1.82, 2.24) is 20.3 Å². The zero-order valence-corrected chi connectivity index (χ0v) is 15.5. The molecule has 25 heavy (non-hydrogen) atoms. The number of amides is 3. The van der Waals surface area contributed by atoms with Gasteiger partial charge in [-0.3, -0.25) is 4.79 Å². The maximum absolute atomic E-state index is 12.4. The number of aryl methyl sites for hydroxylation is 2. The van der Waals surface area contributed by atoms with Crippen LogP contribution >= 0.6 is 0 Å². The first-order valence-corrected chi connectivity index (χ1v) is 8.64. The van der Waals surface area contributed by atoms with Crippen LogP contribution in [0, 0.1) is 13.8 Å². The lowest BCUT2D eigenvalue weighted by Crippen LogP contribution is -2.50. The Morgan fingerprint density at radius 3 is 2.48 bits per heavy atom. The zero-order chi connectivity index (χ0) is 18.4. The first-order valence-electron chi connectivity index (χ1n) is 8.64. The molecule has 1 aliphatic heterocycles. The van der Waals surface area contributed by atoms with Crippen LogP contribution < -0.4 is 5.32 Å². The highest BCUT2D eigenvalue weighted by Gasteiger charge is 2.26. The smallest absolute Gasteiger partial charge is 0.319 e. The van der Waals surface area contributed by atoms with Gasteiger partial charge in [-0.05, 0) is 26.7 Å². The van der Waals surface area contributed by atoms with Crippen LogP contribution in [0.1, 0.15) is 29.9 Å². The second-order valence-corrected chi connectivity index (χ2v) is 6.54. The number of carbonyl (C=O) groups excluding carboxylic acids is 2. The number of nitrogens with zero attached hydrogens (tertiary/aromatic N) is 3. The normalized spacial score (nSPS) is 15.0. The van der Waals surface area contributed by atoms with E-state index in [1.165, 1.54) is 0 Å². The number of nitrogens with one attached hydrogen (secondary N) is 1. The number of ether oxygens (including phenoxy) is 1. The second kappa shape index (κ2) is 8.84. The number of hydrogen-bond donors (Lipinski definition) is 1. The van der Waals surface area contributed by atoms with E-state index in [1.807, 2.05) is 11.8 Å². The summed E-state index contributed by atoms with van der Waals surface area (Å²) in [5.41, 5.74) is 1.56. The van der Waals surface area contributed by atoms with Crippen molar-refractivity contribution in [3.63, 3.8) is 0 Å². The van der Waals surface area contributed by atoms with Gasteiger partial charge in [-0.1, -0.05) is 5.16 Å². The van der Waals surface area contributed by atoms with Crippen LogP contribution in [0.3, 0.4) is 0 Å². The van der Waals surface area contributed by atoms with Gasteiger partial charge in [0.1, 0.15) is 5.76 Å². The van der Waals surface area contributed by atoms with Gasteiger partial charge in [-0.15, -0.1) is 0 Å². The van der Waals surface area contributed by atoms with Gasteiger partial charge in [0.25, 0.3) is 0 Å². The molecular weight excluding hydrogens is 324 g/mol. The third kappa shape index (κ3) is 5.19. The summed E-state index contributed by atoms with van der Waals surface area (Å²) in [6.07, 6.45) is 1.89. The fourth-order valence-corrected chi connectivity index (χ4v) is 2.98. The van der Waals surface area contributed by atoms with Crippen LogP contribution in [0.15, 0.2) is 4.52 Å². The molecule has 1 aliphatic rings. The van der Waals surface area contributed by atoms with Gasteiger partial charge in [0.2, 0.25) is 5.91 Å². The van der Waals surface area contributed by atoms with E-state index in [4.69, 9.17) is 9.26 Å². The Labute approximate surface area is 148 Å². The number of rotatable bonds is 6. The molecule has 1 aromatic rings. The van der Waals surface area contributed by atoms with E-state index in [9.17, 15) is 9.59 Å². The summed E-state index contributed by atoms with van der Waals surface area (Å²) < 4.78 is 10.5. The molecule has 0 aliphatic carbocycles. The topological polar surface area (TPSA) is 87.9 Å². The van der Waals surface area contributed by atoms with Crippen molar-refractivity contribution in [2.45, 2.75) is 39.2 Å². The Morgan fingerprint density at radius 2 is 1.92 bits per heavy atom. The molecule has 1 fully saturated rings. The van der Waals surface area contributed by atoms with Crippen LogP contribution in [0.25, 0.3) is 0 Å². The van der Waals surface area contributed by atoms with Gasteiger partial charge in [0.15, 0.2) is 0 Å². The Balaban J connectivity index is 1.87. The molecule has 2 rings (SSSR count). The molecule has 0 saturated carbocycles. The van der Waals surface area contributed by atoms with Crippen LogP contribution in [0.4, 0.5) is 4.79 Å². The van der Waals surface area contributed by atoms with Crippen LogP contribution in [-0.2, 0) is 16.0 Å². The molecule has 8 nitrogen and oxygen atoms in total. The van der Waals surface area contributed by atoms with Crippen molar-refractivity contribution < 1.29 is 18.8 Å². The fraction of sp³-hybridized carbons (Fsp3) is 0.706. The van der Waals surface area contributed by atoms with Gasteiger partial charge in [0.05, 0.1) is 12.1 Å². The van der Waals surface area contributed by atoms with Gasteiger partial charge in [0, 0.05) is 52.0 Å². The summed E-state index contributed by atoms with van der Waals surface area (Å²) >= 11 is 0. The highest BCUT2D eigenvalue weighted by Crippen LogP contribution is 2.16. The van der Waals surface area contributed by atoms with Gasteiger partial charge in [-0.25, -0.2) is 4.79 Å². The first-order chi connectivity index (χ1) is 11.9. The van der Waals surface area contributed by atoms with Crippen molar-refractivity contribution in [2.75, 3.05) is 40.4 Å². The lowest BCUT2D eigenvalue weighted by Gasteiger charge is -2.36. The van der Waals surface area contributed by atoms with Gasteiger partial charge in [-0.2, -0.15) is 0 Å². The Hall–Kier alpha value is -2.09. The Bertz CT molecular complexity index is 574. The summed E-state index contributed by atoms with van der Waals surface area (Å²) in [4.78, 5) is 28.0. The maximum Gasteiger partial charge on any atom is 0.319 e. The van der Waals surface area contributed by atoms with Crippen molar-refractivity contribution in [1.29, 1.82) is 0 Å². The largest absolute Gasteiger partial charge is 0.381 e. The number of hydrogen-bond acceptors (Lipinski definition) is 5. The molecule has 1 N–H and O–H groups in total. The molecule has 0 aromatic carbocycles. The third-order valence-electron chi connectivity index (χ3n) is 4.45. The predicted octanol–water partition coefficient (Wildman–Crippen LogP) is 1.11. The zero-order valence-electron chi connectivity index (χ0n) is 15.5. The molecule has 2 heterocycles. The number of aromatic nitrogens is 1. The Kier molecular flexibility index (Phi) is 6.81. The van der Waals surface area contributed by atoms with E-state index >= 15 is 0 Å². The minimum atomic E-state index is -0.0985. The molecule has 8 heteroatoms. The fourth-order valence-electron chi connectivity index (χ4n) is 2.98. The molecule has 0 spiro atoms.